The zero-order valence-electron chi connectivity index (χ0n) is 17.0. The summed E-state index contributed by atoms with van der Waals surface area (Å²) in [5, 5.41) is 0. The van der Waals surface area contributed by atoms with Crippen molar-refractivity contribution in [1.82, 2.24) is 14.8 Å². The zero-order valence-corrected chi connectivity index (χ0v) is 17.0. The monoisotopic (exact) mass is 396 g/mol. The van der Waals surface area contributed by atoms with Crippen molar-refractivity contribution in [2.75, 3.05) is 39.3 Å². The first-order valence-corrected chi connectivity index (χ1v) is 10.0. The fourth-order valence-electron chi connectivity index (χ4n) is 3.49. The molecule has 1 aromatic heterocycles. The van der Waals surface area contributed by atoms with Crippen molar-refractivity contribution >= 4 is 11.8 Å². The van der Waals surface area contributed by atoms with Crippen LogP contribution in [0.25, 0.3) is 11.3 Å². The molecular weight excluding hydrogens is 368 g/mol. The van der Waals surface area contributed by atoms with E-state index >= 15 is 0 Å². The summed E-state index contributed by atoms with van der Waals surface area (Å²) in [7, 11) is 0. The molecule has 2 heterocycles. The van der Waals surface area contributed by atoms with Crippen LogP contribution in [0.15, 0.2) is 42.5 Å². The fourth-order valence-corrected chi connectivity index (χ4v) is 3.49. The summed E-state index contributed by atoms with van der Waals surface area (Å²) in [6, 6.07) is 12.9. The molecule has 154 valence electrons. The lowest BCUT2D eigenvalue weighted by molar-refractivity contribution is -0.134. The second-order valence-corrected chi connectivity index (χ2v) is 7.05. The summed E-state index contributed by atoms with van der Waals surface area (Å²) in [6.45, 7) is 7.76. The molecule has 7 nitrogen and oxygen atoms in total. The van der Waals surface area contributed by atoms with E-state index in [4.69, 9.17) is 15.5 Å². The Kier molecular flexibility index (Phi) is 6.95. The number of hydrogen-bond acceptors (Lipinski definition) is 5. The highest BCUT2D eigenvalue weighted by Crippen LogP contribution is 2.24. The topological polar surface area (TPSA) is 88.8 Å². The third-order valence-electron chi connectivity index (χ3n) is 5.19. The normalized spacial score (nSPS) is 17.1. The smallest absolute Gasteiger partial charge is 0.248 e. The molecule has 0 bridgehead atoms. The predicted octanol–water partition coefficient (Wildman–Crippen LogP) is 2.09. The minimum absolute atomic E-state index is 0.145. The quantitative estimate of drug-likeness (QED) is 0.774. The highest BCUT2D eigenvalue weighted by Gasteiger charge is 2.25. The number of nitrogens with zero attached hydrogens (tertiary/aromatic N) is 3. The van der Waals surface area contributed by atoms with Gasteiger partial charge in [-0.05, 0) is 38.1 Å². The van der Waals surface area contributed by atoms with Crippen molar-refractivity contribution < 1.29 is 14.3 Å². The minimum Gasteiger partial charge on any atom is -0.369 e. The van der Waals surface area contributed by atoms with Crippen molar-refractivity contribution in [2.45, 2.75) is 20.0 Å². The molecule has 2 aromatic rings. The first kappa shape index (κ1) is 21.0. The number of amides is 2. The Morgan fingerprint density at radius 2 is 1.90 bits per heavy atom. The molecule has 1 aliphatic heterocycles. The van der Waals surface area contributed by atoms with Gasteiger partial charge in [-0.25, -0.2) is 0 Å². The van der Waals surface area contributed by atoms with Crippen LogP contribution in [0.1, 0.15) is 36.0 Å². The lowest BCUT2D eigenvalue weighted by Crippen LogP contribution is -2.45. The molecule has 1 aliphatic rings. The molecule has 0 radical (unpaired) electrons. The molecule has 1 atom stereocenters. The fraction of sp³-hybridized carbons (Fsp3) is 0.409. The molecule has 2 amide bonds. The van der Waals surface area contributed by atoms with Gasteiger partial charge in [0.15, 0.2) is 0 Å². The number of ether oxygens (including phenoxy) is 1. The average Bonchev–Trinajstić information content (AvgIpc) is 2.75. The predicted molar refractivity (Wildman–Crippen MR) is 111 cm³/mol. The Hall–Kier alpha value is -2.77. The number of rotatable bonds is 7. The van der Waals surface area contributed by atoms with E-state index in [0.717, 1.165) is 36.6 Å². The van der Waals surface area contributed by atoms with Crippen LogP contribution in [0.3, 0.4) is 0 Å². The number of benzene rings is 1. The minimum atomic E-state index is -0.451. The lowest BCUT2D eigenvalue weighted by atomic mass is 10.1. The van der Waals surface area contributed by atoms with Crippen molar-refractivity contribution in [1.29, 1.82) is 0 Å². The summed E-state index contributed by atoms with van der Waals surface area (Å²) in [4.78, 5) is 32.4. The molecule has 0 unspecified atom stereocenters. The van der Waals surface area contributed by atoms with E-state index in [1.807, 2.05) is 49.1 Å². The van der Waals surface area contributed by atoms with Crippen LogP contribution < -0.4 is 5.73 Å². The number of primary amides is 1. The first-order chi connectivity index (χ1) is 14.0. The number of aromatic nitrogens is 1. The molecule has 0 aliphatic carbocycles. The van der Waals surface area contributed by atoms with Crippen molar-refractivity contribution in [3.8, 4) is 11.3 Å². The molecule has 1 fully saturated rings. The number of carbonyl (C=O) groups is 2. The number of likely N-dealkylation sites (N-methyl/N-ethyl adjacent to an activating group) is 1. The summed E-state index contributed by atoms with van der Waals surface area (Å²) < 4.78 is 5.94. The second kappa shape index (κ2) is 9.62. The third-order valence-corrected chi connectivity index (χ3v) is 5.19. The van der Waals surface area contributed by atoms with Crippen LogP contribution in [-0.4, -0.2) is 65.9 Å². The van der Waals surface area contributed by atoms with Gasteiger partial charge in [0.25, 0.3) is 0 Å². The Morgan fingerprint density at radius 3 is 2.55 bits per heavy atom. The summed E-state index contributed by atoms with van der Waals surface area (Å²) in [6.07, 6.45) is -0.182. The summed E-state index contributed by atoms with van der Waals surface area (Å²) in [5.41, 5.74) is 8.31. The molecule has 1 saturated heterocycles. The molecule has 2 N–H and O–H groups in total. The number of morpholine rings is 1. The average molecular weight is 396 g/mol. The van der Waals surface area contributed by atoms with Crippen LogP contribution in [0.2, 0.25) is 0 Å². The number of pyridine rings is 1. The largest absolute Gasteiger partial charge is 0.369 e. The summed E-state index contributed by atoms with van der Waals surface area (Å²) in [5.74, 6) is -0.305. The van der Waals surface area contributed by atoms with Crippen LogP contribution in [-0.2, 0) is 9.53 Å². The third kappa shape index (κ3) is 5.19. The van der Waals surface area contributed by atoms with Crippen molar-refractivity contribution in [2.24, 2.45) is 5.73 Å². The van der Waals surface area contributed by atoms with Gasteiger partial charge in [-0.2, -0.15) is 0 Å². The van der Waals surface area contributed by atoms with Crippen LogP contribution in [0.4, 0.5) is 0 Å². The molecular formula is C22H28N4O3. The van der Waals surface area contributed by atoms with E-state index < -0.39 is 5.91 Å². The number of hydrogen-bond donors (Lipinski definition) is 1. The lowest BCUT2D eigenvalue weighted by Gasteiger charge is -2.33. The van der Waals surface area contributed by atoms with Gasteiger partial charge in [0.05, 0.1) is 24.5 Å². The van der Waals surface area contributed by atoms with Crippen LogP contribution >= 0.6 is 0 Å². The highest BCUT2D eigenvalue weighted by atomic mass is 16.5. The van der Waals surface area contributed by atoms with Gasteiger partial charge < -0.3 is 15.4 Å². The van der Waals surface area contributed by atoms with Gasteiger partial charge in [-0.3, -0.25) is 19.5 Å². The van der Waals surface area contributed by atoms with Gasteiger partial charge in [-0.15, -0.1) is 0 Å². The summed E-state index contributed by atoms with van der Waals surface area (Å²) >= 11 is 0. The van der Waals surface area contributed by atoms with Gasteiger partial charge in [-0.1, -0.05) is 18.2 Å². The molecule has 29 heavy (non-hydrogen) atoms. The Bertz CT molecular complexity index is 849. The van der Waals surface area contributed by atoms with Crippen LogP contribution in [0.5, 0.6) is 0 Å². The van der Waals surface area contributed by atoms with Crippen molar-refractivity contribution in [3.63, 3.8) is 0 Å². The van der Waals surface area contributed by atoms with Gasteiger partial charge in [0.2, 0.25) is 11.8 Å². The molecule has 3 rings (SSSR count). The van der Waals surface area contributed by atoms with E-state index in [2.05, 4.69) is 4.90 Å². The first-order valence-electron chi connectivity index (χ1n) is 10.0. The molecule has 1 aromatic carbocycles. The molecule has 0 spiro atoms. The Morgan fingerprint density at radius 1 is 1.17 bits per heavy atom. The van der Waals surface area contributed by atoms with E-state index in [1.165, 1.54) is 0 Å². The van der Waals surface area contributed by atoms with Gasteiger partial charge in [0.1, 0.15) is 6.10 Å². The van der Waals surface area contributed by atoms with Gasteiger partial charge in [0, 0.05) is 37.3 Å². The standard InChI is InChI=1S/C22H28N4O3/c1-3-26(4-2)21(27)15-25-12-13-29-20(14-25)19-7-5-6-18(24-19)16-8-10-17(11-9-16)22(23)28/h5-11,20H,3-4,12-15H2,1-2H3,(H2,23,28)/t20-/m0/s1. The van der Waals surface area contributed by atoms with Crippen LogP contribution in [0, 0.1) is 0 Å². The number of nitrogens with two attached hydrogens (primary N) is 1. The molecule has 7 heteroatoms. The Labute approximate surface area is 171 Å². The van der Waals surface area contributed by atoms with E-state index in [-0.39, 0.29) is 12.0 Å². The maximum Gasteiger partial charge on any atom is 0.248 e. The van der Waals surface area contributed by atoms with Crippen molar-refractivity contribution in [3.05, 3.63) is 53.7 Å². The second-order valence-electron chi connectivity index (χ2n) is 7.05. The van der Waals surface area contributed by atoms with Gasteiger partial charge >= 0.3 is 0 Å². The number of carbonyl (C=O) groups excluding carboxylic acids is 2. The SMILES string of the molecule is CCN(CC)C(=O)CN1CCO[C@H](c2cccc(-c3ccc(C(N)=O)cc3)n2)C1. The van der Waals surface area contributed by atoms with E-state index in [1.54, 1.807) is 12.1 Å². The van der Waals surface area contributed by atoms with E-state index in [9.17, 15) is 9.59 Å². The van der Waals surface area contributed by atoms with E-state index in [0.29, 0.717) is 25.3 Å². The molecule has 0 saturated carbocycles. The maximum absolute atomic E-state index is 12.4. The maximum atomic E-state index is 12.4. The zero-order chi connectivity index (χ0) is 20.8. The highest BCUT2D eigenvalue weighted by molar-refractivity contribution is 5.93. The Balaban J connectivity index is 1.71.